The lowest BCUT2D eigenvalue weighted by molar-refractivity contribution is 0.153. The largest absolute Gasteiger partial charge is 0.465 e. The van der Waals surface area contributed by atoms with Crippen LogP contribution in [0, 0.1) is 16.3 Å². The van der Waals surface area contributed by atoms with Gasteiger partial charge in [0.15, 0.2) is 0 Å². The number of carbonyl (C=O) groups is 1. The first-order valence-corrected chi connectivity index (χ1v) is 12.2. The van der Waals surface area contributed by atoms with Gasteiger partial charge in [0.2, 0.25) is 0 Å². The molecule has 36 heavy (non-hydrogen) atoms. The third-order valence-corrected chi connectivity index (χ3v) is 6.61. The highest BCUT2D eigenvalue weighted by atomic mass is 32.1. The number of benzene rings is 2. The van der Waals surface area contributed by atoms with Crippen molar-refractivity contribution in [2.45, 2.75) is 13.0 Å². The third-order valence-electron chi connectivity index (χ3n) is 6.26. The summed E-state index contributed by atoms with van der Waals surface area (Å²) in [7, 11) is 2.11. The minimum atomic E-state index is -1.00. The molecule has 1 saturated heterocycles. The van der Waals surface area contributed by atoms with Crippen LogP contribution >= 0.6 is 12.2 Å². The molecule has 0 spiro atoms. The number of hydrogen-bond donors (Lipinski definition) is 1. The van der Waals surface area contributed by atoms with E-state index in [9.17, 15) is 18.7 Å². The molecule has 0 radical (unpaired) electrons. The minimum absolute atomic E-state index is 0.285. The fraction of sp³-hybridized carbons (Fsp3) is 0.346. The van der Waals surface area contributed by atoms with Crippen LogP contribution in [-0.2, 0) is 6.54 Å². The van der Waals surface area contributed by atoms with Gasteiger partial charge in [0.05, 0.1) is 12.2 Å². The second-order valence-corrected chi connectivity index (χ2v) is 9.39. The molecule has 3 aromatic rings. The highest BCUT2D eigenvalue weighted by molar-refractivity contribution is 7.71. The number of piperazine rings is 1. The van der Waals surface area contributed by atoms with Gasteiger partial charge in [-0.25, -0.2) is 18.3 Å². The Hall–Kier alpha value is -3.21. The van der Waals surface area contributed by atoms with E-state index in [0.29, 0.717) is 28.1 Å². The number of hydrogen-bond acceptors (Lipinski definition) is 5. The van der Waals surface area contributed by atoms with E-state index in [1.54, 1.807) is 28.9 Å². The third kappa shape index (κ3) is 6.71. The lowest BCUT2D eigenvalue weighted by Crippen LogP contribution is -2.45. The molecule has 1 aliphatic heterocycles. The first kappa shape index (κ1) is 25.9. The number of aromatic nitrogens is 2. The molecule has 0 bridgehead atoms. The van der Waals surface area contributed by atoms with Crippen molar-refractivity contribution in [2.75, 3.05) is 51.2 Å². The van der Waals surface area contributed by atoms with E-state index in [1.807, 2.05) is 12.1 Å². The molecule has 7 nitrogen and oxygen atoms in total. The second kappa shape index (κ2) is 11.7. The van der Waals surface area contributed by atoms with E-state index >= 15 is 0 Å². The van der Waals surface area contributed by atoms with Gasteiger partial charge in [0, 0.05) is 50.0 Å². The first-order chi connectivity index (χ1) is 17.3. The SMILES string of the molecule is CN1CCN(CCCN(C(=O)O)c2cccc(Cn3nc(-c4cc(F)cc(F)c4)ccc3=S)c2)CC1. The monoisotopic (exact) mass is 513 g/mol. The summed E-state index contributed by atoms with van der Waals surface area (Å²) >= 11 is 5.41. The average Bonchev–Trinajstić information content (AvgIpc) is 2.83. The van der Waals surface area contributed by atoms with Crippen molar-refractivity contribution in [1.29, 1.82) is 0 Å². The maximum atomic E-state index is 13.7. The molecular formula is C26H29F2N5O2S. The number of amides is 1. The summed E-state index contributed by atoms with van der Waals surface area (Å²) in [6.45, 7) is 5.57. The van der Waals surface area contributed by atoms with Crippen LogP contribution < -0.4 is 4.90 Å². The van der Waals surface area contributed by atoms with Gasteiger partial charge in [0.1, 0.15) is 16.3 Å². The molecule has 0 saturated carbocycles. The van der Waals surface area contributed by atoms with E-state index in [-0.39, 0.29) is 6.54 Å². The molecule has 0 unspecified atom stereocenters. The van der Waals surface area contributed by atoms with Crippen LogP contribution in [0.25, 0.3) is 11.3 Å². The summed E-state index contributed by atoms with van der Waals surface area (Å²) in [6.07, 6.45) is -0.269. The number of halogens is 2. The van der Waals surface area contributed by atoms with Gasteiger partial charge < -0.3 is 14.9 Å². The maximum absolute atomic E-state index is 13.7. The molecule has 1 N–H and O–H groups in total. The second-order valence-electron chi connectivity index (χ2n) is 8.98. The first-order valence-electron chi connectivity index (χ1n) is 11.8. The molecule has 2 aromatic carbocycles. The number of nitrogens with zero attached hydrogens (tertiary/aromatic N) is 5. The van der Waals surface area contributed by atoms with E-state index < -0.39 is 17.7 Å². The molecule has 1 aromatic heterocycles. The topological polar surface area (TPSA) is 64.8 Å². The van der Waals surface area contributed by atoms with Crippen molar-refractivity contribution in [3.63, 3.8) is 0 Å². The van der Waals surface area contributed by atoms with Gasteiger partial charge in [-0.1, -0.05) is 24.4 Å². The molecule has 1 amide bonds. The summed E-state index contributed by atoms with van der Waals surface area (Å²) in [6, 6.07) is 13.8. The van der Waals surface area contributed by atoms with E-state index in [2.05, 4.69) is 21.9 Å². The van der Waals surface area contributed by atoms with Gasteiger partial charge in [0.25, 0.3) is 0 Å². The summed E-state index contributed by atoms with van der Waals surface area (Å²) in [4.78, 5) is 18.0. The highest BCUT2D eigenvalue weighted by Crippen LogP contribution is 2.21. The predicted octanol–water partition coefficient (Wildman–Crippen LogP) is 4.73. The van der Waals surface area contributed by atoms with Crippen molar-refractivity contribution in [1.82, 2.24) is 19.6 Å². The Morgan fingerprint density at radius 3 is 2.47 bits per heavy atom. The van der Waals surface area contributed by atoms with Crippen molar-refractivity contribution in [3.05, 3.63) is 76.4 Å². The normalized spacial score (nSPS) is 14.6. The maximum Gasteiger partial charge on any atom is 0.411 e. The highest BCUT2D eigenvalue weighted by Gasteiger charge is 2.17. The van der Waals surface area contributed by atoms with Gasteiger partial charge in [-0.3, -0.25) is 4.90 Å². The molecular weight excluding hydrogens is 484 g/mol. The zero-order valence-corrected chi connectivity index (χ0v) is 20.9. The van der Waals surface area contributed by atoms with Crippen LogP contribution in [0.3, 0.4) is 0 Å². The van der Waals surface area contributed by atoms with Gasteiger partial charge in [-0.2, -0.15) is 5.10 Å². The summed E-state index contributed by atoms with van der Waals surface area (Å²) in [5.74, 6) is -1.37. The van der Waals surface area contributed by atoms with Gasteiger partial charge in [-0.15, -0.1) is 0 Å². The lowest BCUT2D eigenvalue weighted by atomic mass is 10.1. The van der Waals surface area contributed by atoms with Crippen LogP contribution in [0.1, 0.15) is 12.0 Å². The predicted molar refractivity (Wildman–Crippen MR) is 138 cm³/mol. The molecule has 1 aliphatic rings. The summed E-state index contributed by atoms with van der Waals surface area (Å²) < 4.78 is 29.4. The van der Waals surface area contributed by atoms with Crippen LogP contribution in [0.15, 0.2) is 54.6 Å². The van der Waals surface area contributed by atoms with Crippen molar-refractivity contribution in [3.8, 4) is 11.3 Å². The Morgan fingerprint density at radius 1 is 1.06 bits per heavy atom. The number of carboxylic acid groups (broad SMARTS) is 1. The van der Waals surface area contributed by atoms with E-state index in [1.165, 1.54) is 17.0 Å². The Morgan fingerprint density at radius 2 is 1.78 bits per heavy atom. The van der Waals surface area contributed by atoms with Crippen molar-refractivity contribution < 1.29 is 18.7 Å². The molecule has 1 fully saturated rings. The van der Waals surface area contributed by atoms with Crippen molar-refractivity contribution in [2.24, 2.45) is 0 Å². The fourth-order valence-electron chi connectivity index (χ4n) is 4.27. The Kier molecular flexibility index (Phi) is 8.40. The van der Waals surface area contributed by atoms with Crippen LogP contribution in [0.4, 0.5) is 19.3 Å². The zero-order valence-electron chi connectivity index (χ0n) is 20.1. The molecule has 10 heteroatoms. The zero-order chi connectivity index (χ0) is 25.7. The smallest absolute Gasteiger partial charge is 0.411 e. The van der Waals surface area contributed by atoms with Crippen LogP contribution in [0.2, 0.25) is 0 Å². The number of anilines is 1. The Balaban J connectivity index is 1.47. The molecule has 2 heterocycles. The van der Waals surface area contributed by atoms with Gasteiger partial charge >= 0.3 is 6.09 Å². The lowest BCUT2D eigenvalue weighted by Gasteiger charge is -2.32. The Bertz CT molecular complexity index is 1260. The number of likely N-dealkylation sites (N-methyl/N-ethyl adjacent to an activating group) is 1. The summed E-state index contributed by atoms with van der Waals surface area (Å²) in [5.41, 5.74) is 2.08. The number of rotatable bonds is 8. The fourth-order valence-corrected chi connectivity index (χ4v) is 4.45. The molecule has 0 aliphatic carbocycles. The van der Waals surface area contributed by atoms with Gasteiger partial charge in [-0.05, 0) is 62.0 Å². The van der Waals surface area contributed by atoms with Crippen molar-refractivity contribution >= 4 is 24.0 Å². The average molecular weight is 514 g/mol. The minimum Gasteiger partial charge on any atom is -0.465 e. The Labute approximate surface area is 214 Å². The quantitative estimate of drug-likeness (QED) is 0.440. The van der Waals surface area contributed by atoms with Crippen LogP contribution in [0.5, 0.6) is 0 Å². The van der Waals surface area contributed by atoms with E-state index in [4.69, 9.17) is 12.2 Å². The standard InChI is InChI=1S/C26H29F2N5O2S/c1-30-10-12-31(13-11-30)8-3-9-32(26(34)35)23-5-2-4-19(14-23)18-33-25(36)7-6-24(29-33)20-15-21(27)17-22(28)16-20/h2,4-7,14-17H,3,8-13,18H2,1H3,(H,34,35). The van der Waals surface area contributed by atoms with Crippen LogP contribution in [-0.4, -0.2) is 77.1 Å². The molecule has 0 atom stereocenters. The molecule has 190 valence electrons. The summed E-state index contributed by atoms with van der Waals surface area (Å²) in [5, 5.41) is 14.3. The van der Waals surface area contributed by atoms with E-state index in [0.717, 1.165) is 50.8 Å². The molecule has 4 rings (SSSR count).